The lowest BCUT2D eigenvalue weighted by Crippen LogP contribution is -2.43. The van der Waals surface area contributed by atoms with Gasteiger partial charge in [-0.3, -0.25) is 18.9 Å². The second kappa shape index (κ2) is 18.8. The van der Waals surface area contributed by atoms with E-state index in [4.69, 9.17) is 29.1 Å². The first kappa shape index (κ1) is 34.6. The van der Waals surface area contributed by atoms with Crippen LogP contribution in [0.15, 0.2) is 70.5 Å². The van der Waals surface area contributed by atoms with Crippen LogP contribution in [-0.4, -0.2) is 69.0 Å². The monoisotopic (exact) mass is 604 g/mol. The minimum absolute atomic E-state index is 0.0890. The molecule has 1 saturated heterocycles. The summed E-state index contributed by atoms with van der Waals surface area (Å²) in [6.45, 7) is -0.331. The van der Waals surface area contributed by atoms with E-state index in [0.717, 1.165) is 20.5 Å². The number of ether oxygens (including phenoxy) is 1. The highest BCUT2D eigenvalue weighted by Gasteiger charge is 2.43. The third-order valence-corrected chi connectivity index (χ3v) is 5.32. The molecular weight excluding hydrogens is 573 g/mol. The number of nitrogens with one attached hydrogen (secondary N) is 1. The van der Waals surface area contributed by atoms with Gasteiger partial charge in [0.15, 0.2) is 6.23 Å². The van der Waals surface area contributed by atoms with Crippen molar-refractivity contribution < 1.29 is 39.3 Å². The molecule has 0 radical (unpaired) electrons. The van der Waals surface area contributed by atoms with E-state index in [0.29, 0.717) is 5.69 Å². The third-order valence-electron chi connectivity index (χ3n) is 5.32. The summed E-state index contributed by atoms with van der Waals surface area (Å²) in [5.41, 5.74) is 0.868. The Labute approximate surface area is 229 Å². The molecule has 3 aromatic rings. The number of hydrogen-bond acceptors (Lipinski definition) is 11. The Bertz CT molecular complexity index is 1250. The largest absolute Gasteiger partial charge is 0.396 e. The fraction of sp³-hybridized carbons (Fsp3) is 0.318. The Morgan fingerprint density at radius 3 is 2.26 bits per heavy atom. The van der Waals surface area contributed by atoms with Crippen molar-refractivity contribution in [3.63, 3.8) is 0 Å². The maximum atomic E-state index is 13.0. The van der Waals surface area contributed by atoms with Crippen LogP contribution in [0, 0.1) is 0 Å². The lowest BCUT2D eigenvalue weighted by atomic mass is 10.1. The molecular formula is C22H31N4O10P3. The molecule has 0 saturated carbocycles. The average Bonchev–Trinajstić information content (AvgIpc) is 3.23. The van der Waals surface area contributed by atoms with Crippen LogP contribution >= 0.6 is 27.6 Å². The Balaban J connectivity index is 0.000000996. The second-order valence-corrected chi connectivity index (χ2v) is 7.76. The molecule has 0 amide bonds. The second-order valence-electron chi connectivity index (χ2n) is 7.60. The van der Waals surface area contributed by atoms with Gasteiger partial charge in [0.05, 0.1) is 18.3 Å². The SMILES string of the molecule is O=PO.O=c1ccn(C2OC(CCO)C(O)C2O)c(=O)n1Cc1cc(Nc2ccccc2)ccn1.OP.OP. The van der Waals surface area contributed by atoms with Gasteiger partial charge in [-0.15, -0.1) is 0 Å². The lowest BCUT2D eigenvalue weighted by Gasteiger charge is -2.18. The highest BCUT2D eigenvalue weighted by molar-refractivity contribution is 7.16. The zero-order valence-corrected chi connectivity index (χ0v) is 23.7. The number of nitrogens with zero attached hydrogens (tertiary/aromatic N) is 3. The maximum absolute atomic E-state index is 13.0. The Morgan fingerprint density at radius 2 is 1.64 bits per heavy atom. The molecule has 1 aliphatic heterocycles. The maximum Gasteiger partial charge on any atom is 0.333 e. The van der Waals surface area contributed by atoms with E-state index >= 15 is 0 Å². The van der Waals surface area contributed by atoms with Gasteiger partial charge in [-0.1, -0.05) is 18.2 Å². The van der Waals surface area contributed by atoms with E-state index in [9.17, 15) is 19.8 Å². The van der Waals surface area contributed by atoms with Gasteiger partial charge in [-0.2, -0.15) is 0 Å². The van der Waals surface area contributed by atoms with Gasteiger partial charge in [0, 0.05) is 36.4 Å². The molecule has 0 bridgehead atoms. The summed E-state index contributed by atoms with van der Waals surface area (Å²) in [5.74, 6) is 0. The number of hydrogen-bond donors (Lipinski definition) is 7. The third kappa shape index (κ3) is 9.90. The molecule has 1 aliphatic rings. The molecule has 0 aliphatic carbocycles. The van der Waals surface area contributed by atoms with Crippen LogP contribution in [0.25, 0.3) is 0 Å². The van der Waals surface area contributed by atoms with Crippen LogP contribution in [0.5, 0.6) is 0 Å². The number of aliphatic hydroxyl groups excluding tert-OH is 3. The number of aliphatic hydroxyl groups is 3. The predicted molar refractivity (Wildman–Crippen MR) is 149 cm³/mol. The standard InChI is InChI=1S/C22H24N4O6.HO2P.2H3OP/c27-11-8-17-19(29)20(30)21(32-17)25-10-7-18(28)26(22(25)31)13-16-12-15(6-9-23-16)24-14-4-2-1-3-5-14;1-3-2;2*1-2/h1-7,9-10,12,17,19-21,27,29-30H,8,11,13H2,(H,23,24);(H,1,2);2*1H,2H2. The molecule has 214 valence electrons. The summed E-state index contributed by atoms with van der Waals surface area (Å²) in [4.78, 5) is 50.5. The lowest BCUT2D eigenvalue weighted by molar-refractivity contribution is -0.0458. The van der Waals surface area contributed by atoms with E-state index in [2.05, 4.69) is 10.3 Å². The summed E-state index contributed by atoms with van der Waals surface area (Å²) in [6, 6.07) is 14.2. The average molecular weight is 604 g/mol. The van der Waals surface area contributed by atoms with E-state index in [1.807, 2.05) is 30.3 Å². The van der Waals surface area contributed by atoms with Gasteiger partial charge < -0.3 is 40.1 Å². The van der Waals surface area contributed by atoms with Gasteiger partial charge in [0.2, 0.25) is 0 Å². The Hall–Kier alpha value is -2.47. The molecule has 4 rings (SSSR count). The Kier molecular flexibility index (Phi) is 16.6. The van der Waals surface area contributed by atoms with Crippen LogP contribution in [-0.2, 0) is 15.8 Å². The van der Waals surface area contributed by atoms with E-state index in [1.165, 1.54) is 31.2 Å². The van der Waals surface area contributed by atoms with Crippen molar-refractivity contribution in [3.8, 4) is 0 Å². The van der Waals surface area contributed by atoms with Crippen molar-refractivity contribution in [1.82, 2.24) is 14.1 Å². The highest BCUT2D eigenvalue weighted by atomic mass is 31.1. The predicted octanol–water partition coefficient (Wildman–Crippen LogP) is -0.0785. The van der Waals surface area contributed by atoms with Crippen molar-refractivity contribution in [3.05, 3.63) is 87.5 Å². The van der Waals surface area contributed by atoms with Gasteiger partial charge >= 0.3 is 14.4 Å². The molecule has 1 fully saturated rings. The molecule has 17 heteroatoms. The van der Waals surface area contributed by atoms with Gasteiger partial charge in [0.25, 0.3) is 5.56 Å². The molecule has 3 heterocycles. The van der Waals surface area contributed by atoms with Crippen molar-refractivity contribution >= 4 is 39.0 Å². The summed E-state index contributed by atoms with van der Waals surface area (Å²) < 4.78 is 16.1. The number of rotatable bonds is 7. The minimum atomic E-state index is -1.38. The molecule has 1 aromatic carbocycles. The van der Waals surface area contributed by atoms with Crippen molar-refractivity contribution in [2.24, 2.45) is 0 Å². The number of anilines is 2. The van der Waals surface area contributed by atoms with Gasteiger partial charge in [-0.25, -0.2) is 9.36 Å². The summed E-state index contributed by atoms with van der Waals surface area (Å²) >= 11 is 0. The van der Waals surface area contributed by atoms with E-state index in [-0.39, 0.29) is 19.6 Å². The summed E-state index contributed by atoms with van der Waals surface area (Å²) in [6.07, 6.45) is -1.74. The summed E-state index contributed by atoms with van der Waals surface area (Å²) in [5, 5.41) is 32.8. The van der Waals surface area contributed by atoms with Crippen LogP contribution in [0.4, 0.5) is 11.4 Å². The van der Waals surface area contributed by atoms with E-state index in [1.54, 1.807) is 18.3 Å². The molecule has 14 nitrogen and oxygen atoms in total. The molecule has 39 heavy (non-hydrogen) atoms. The first-order valence-electron chi connectivity index (χ1n) is 11.1. The van der Waals surface area contributed by atoms with Crippen LogP contribution in [0.2, 0.25) is 0 Å². The number of pyridine rings is 1. The van der Waals surface area contributed by atoms with E-state index < -0.39 is 44.5 Å². The van der Waals surface area contributed by atoms with Gasteiger partial charge in [-0.05, 0) is 49.6 Å². The fourth-order valence-corrected chi connectivity index (χ4v) is 3.69. The topological polar surface area (TPSA) is 217 Å². The zero-order valence-electron chi connectivity index (χ0n) is 20.5. The van der Waals surface area contributed by atoms with Crippen LogP contribution in [0.3, 0.4) is 0 Å². The number of para-hydroxylation sites is 1. The molecule has 6 atom stereocenters. The van der Waals surface area contributed by atoms with Crippen LogP contribution < -0.4 is 16.6 Å². The molecule has 0 spiro atoms. The number of aromatic nitrogens is 3. The fourth-order valence-electron chi connectivity index (χ4n) is 3.69. The first-order valence-corrected chi connectivity index (χ1v) is 12.9. The quantitative estimate of drug-likeness (QED) is 0.176. The zero-order chi connectivity index (χ0) is 29.4. The van der Waals surface area contributed by atoms with Crippen molar-refractivity contribution in [2.45, 2.75) is 37.5 Å². The first-order chi connectivity index (χ1) is 18.9. The molecule has 7 N–H and O–H groups in total. The van der Waals surface area contributed by atoms with Crippen LogP contribution in [0.1, 0.15) is 18.3 Å². The molecule has 2 aromatic heterocycles. The van der Waals surface area contributed by atoms with Crippen molar-refractivity contribution in [1.29, 1.82) is 0 Å². The number of benzene rings is 1. The smallest absolute Gasteiger partial charge is 0.333 e. The highest BCUT2D eigenvalue weighted by Crippen LogP contribution is 2.29. The summed E-state index contributed by atoms with van der Waals surface area (Å²) in [7, 11) is 2.00. The van der Waals surface area contributed by atoms with Gasteiger partial charge in [0.1, 0.15) is 12.2 Å². The van der Waals surface area contributed by atoms with Crippen molar-refractivity contribution in [2.75, 3.05) is 11.9 Å². The minimum Gasteiger partial charge on any atom is -0.396 e. The Morgan fingerprint density at radius 1 is 1.00 bits per heavy atom. The normalized spacial score (nSPS) is 19.5. The molecule has 6 unspecified atom stereocenters.